The van der Waals surface area contributed by atoms with Gasteiger partial charge in [0.25, 0.3) is 0 Å². The first-order chi connectivity index (χ1) is 6.90. The Kier molecular flexibility index (Phi) is 4.41. The molecule has 0 radical (unpaired) electrons. The third-order valence-corrected chi connectivity index (χ3v) is 2.63. The summed E-state index contributed by atoms with van der Waals surface area (Å²) in [5, 5.41) is 13.9. The zero-order valence-corrected chi connectivity index (χ0v) is 10.4. The summed E-state index contributed by atoms with van der Waals surface area (Å²) in [5.41, 5.74) is 0.137. The quantitative estimate of drug-likeness (QED) is 0.858. The van der Waals surface area contributed by atoms with Crippen LogP contribution in [0.25, 0.3) is 0 Å². The van der Waals surface area contributed by atoms with E-state index in [2.05, 4.69) is 5.32 Å². The molecule has 0 aliphatic heterocycles. The lowest BCUT2D eigenvalue weighted by Gasteiger charge is -2.18. The number of halogens is 2. The van der Waals surface area contributed by atoms with E-state index in [1.807, 2.05) is 6.07 Å². The van der Waals surface area contributed by atoms with Crippen LogP contribution in [-0.2, 0) is 6.54 Å². The first kappa shape index (κ1) is 12.8. The maximum atomic E-state index is 9.51. The Hall–Kier alpha value is -0.280. The largest absolute Gasteiger partial charge is 0.389 e. The second-order valence-electron chi connectivity index (χ2n) is 4.12. The van der Waals surface area contributed by atoms with Gasteiger partial charge in [-0.15, -0.1) is 0 Å². The predicted molar refractivity (Wildman–Crippen MR) is 64.5 cm³/mol. The number of hydrogen-bond donors (Lipinski definition) is 2. The van der Waals surface area contributed by atoms with Gasteiger partial charge in [0.15, 0.2) is 0 Å². The van der Waals surface area contributed by atoms with Gasteiger partial charge in [-0.1, -0.05) is 29.3 Å². The van der Waals surface area contributed by atoms with Gasteiger partial charge in [0.05, 0.1) is 5.60 Å². The lowest BCUT2D eigenvalue weighted by atomic mass is 10.1. The van der Waals surface area contributed by atoms with Crippen LogP contribution in [0.15, 0.2) is 18.2 Å². The SMILES string of the molecule is CC(C)(O)CNCc1c(Cl)cccc1Cl. The van der Waals surface area contributed by atoms with E-state index in [0.717, 1.165) is 5.56 Å². The molecule has 2 N–H and O–H groups in total. The van der Waals surface area contributed by atoms with Crippen LogP contribution in [0, 0.1) is 0 Å². The first-order valence-electron chi connectivity index (χ1n) is 4.76. The maximum Gasteiger partial charge on any atom is 0.0715 e. The van der Waals surface area contributed by atoms with E-state index in [4.69, 9.17) is 23.2 Å². The highest BCUT2D eigenvalue weighted by molar-refractivity contribution is 6.35. The number of aliphatic hydroxyl groups is 1. The first-order valence-corrected chi connectivity index (χ1v) is 5.52. The molecule has 0 atom stereocenters. The summed E-state index contributed by atoms with van der Waals surface area (Å²) in [5.74, 6) is 0. The second kappa shape index (κ2) is 5.17. The normalized spacial score (nSPS) is 11.8. The Morgan fingerprint density at radius 2 is 1.80 bits per heavy atom. The topological polar surface area (TPSA) is 32.3 Å². The second-order valence-corrected chi connectivity index (χ2v) is 4.93. The monoisotopic (exact) mass is 247 g/mol. The molecule has 4 heteroatoms. The van der Waals surface area contributed by atoms with Crippen LogP contribution < -0.4 is 5.32 Å². The van der Waals surface area contributed by atoms with Gasteiger partial charge in [-0.25, -0.2) is 0 Å². The van der Waals surface area contributed by atoms with Crippen molar-refractivity contribution in [2.24, 2.45) is 0 Å². The molecule has 2 nitrogen and oxygen atoms in total. The van der Waals surface area contributed by atoms with E-state index in [9.17, 15) is 5.11 Å². The molecule has 0 aromatic heterocycles. The molecule has 15 heavy (non-hydrogen) atoms. The molecular weight excluding hydrogens is 233 g/mol. The number of benzene rings is 1. The van der Waals surface area contributed by atoms with Crippen molar-refractivity contribution in [2.45, 2.75) is 26.0 Å². The van der Waals surface area contributed by atoms with Gasteiger partial charge in [-0.05, 0) is 26.0 Å². The van der Waals surface area contributed by atoms with Crippen LogP contribution in [0.4, 0.5) is 0 Å². The summed E-state index contributed by atoms with van der Waals surface area (Å²) in [4.78, 5) is 0. The minimum absolute atomic E-state index is 0.495. The van der Waals surface area contributed by atoms with Crippen LogP contribution in [0.1, 0.15) is 19.4 Å². The third kappa shape index (κ3) is 4.39. The van der Waals surface area contributed by atoms with Gasteiger partial charge in [-0.2, -0.15) is 0 Å². The lowest BCUT2D eigenvalue weighted by Crippen LogP contribution is -2.34. The highest BCUT2D eigenvalue weighted by Gasteiger charge is 2.12. The van der Waals surface area contributed by atoms with Crippen LogP contribution in [0.2, 0.25) is 10.0 Å². The average molecular weight is 248 g/mol. The van der Waals surface area contributed by atoms with Crippen LogP contribution in [0.5, 0.6) is 0 Å². The van der Waals surface area contributed by atoms with Crippen molar-refractivity contribution in [1.29, 1.82) is 0 Å². The highest BCUT2D eigenvalue weighted by atomic mass is 35.5. The van der Waals surface area contributed by atoms with Gasteiger partial charge in [-0.3, -0.25) is 0 Å². The van der Waals surface area contributed by atoms with Gasteiger partial charge in [0.2, 0.25) is 0 Å². The van der Waals surface area contributed by atoms with Crippen molar-refractivity contribution >= 4 is 23.2 Å². The minimum atomic E-state index is -0.728. The van der Waals surface area contributed by atoms with E-state index in [1.165, 1.54) is 0 Å². The molecule has 0 aliphatic carbocycles. The van der Waals surface area contributed by atoms with Crippen molar-refractivity contribution in [2.75, 3.05) is 6.54 Å². The predicted octanol–water partition coefficient (Wildman–Crippen LogP) is 2.85. The molecule has 0 saturated heterocycles. The Labute approximate surface area is 100 Å². The molecule has 0 aliphatic rings. The minimum Gasteiger partial charge on any atom is -0.389 e. The summed E-state index contributed by atoms with van der Waals surface area (Å²) in [7, 11) is 0. The van der Waals surface area contributed by atoms with Crippen molar-refractivity contribution in [3.63, 3.8) is 0 Å². The summed E-state index contributed by atoms with van der Waals surface area (Å²) in [6.07, 6.45) is 0. The Bertz CT molecular complexity index is 314. The zero-order chi connectivity index (χ0) is 11.5. The Morgan fingerprint density at radius 3 is 2.27 bits per heavy atom. The van der Waals surface area contributed by atoms with E-state index in [0.29, 0.717) is 23.1 Å². The molecule has 1 rings (SSSR count). The van der Waals surface area contributed by atoms with E-state index in [1.54, 1.807) is 26.0 Å². The van der Waals surface area contributed by atoms with E-state index >= 15 is 0 Å². The number of rotatable bonds is 4. The van der Waals surface area contributed by atoms with Gasteiger partial charge in [0, 0.05) is 28.7 Å². The Morgan fingerprint density at radius 1 is 1.27 bits per heavy atom. The summed E-state index contributed by atoms with van der Waals surface area (Å²) in [6, 6.07) is 5.41. The summed E-state index contributed by atoms with van der Waals surface area (Å²) in [6.45, 7) is 4.54. The van der Waals surface area contributed by atoms with E-state index in [-0.39, 0.29) is 0 Å². The molecule has 1 aromatic carbocycles. The zero-order valence-electron chi connectivity index (χ0n) is 8.85. The van der Waals surface area contributed by atoms with Crippen LogP contribution in [0.3, 0.4) is 0 Å². The average Bonchev–Trinajstić information content (AvgIpc) is 2.08. The fourth-order valence-corrected chi connectivity index (χ4v) is 1.73. The molecule has 0 bridgehead atoms. The van der Waals surface area contributed by atoms with Gasteiger partial charge in [0.1, 0.15) is 0 Å². The summed E-state index contributed by atoms with van der Waals surface area (Å²) < 4.78 is 0. The molecule has 0 unspecified atom stereocenters. The third-order valence-electron chi connectivity index (χ3n) is 1.92. The molecule has 0 heterocycles. The fraction of sp³-hybridized carbons (Fsp3) is 0.455. The molecule has 0 amide bonds. The molecule has 84 valence electrons. The van der Waals surface area contributed by atoms with Crippen molar-refractivity contribution < 1.29 is 5.11 Å². The van der Waals surface area contributed by atoms with Crippen molar-refractivity contribution in [1.82, 2.24) is 5.32 Å². The summed E-state index contributed by atoms with van der Waals surface area (Å²) >= 11 is 12.0. The number of nitrogens with one attached hydrogen (secondary N) is 1. The standard InChI is InChI=1S/C11H15Cl2NO/c1-11(2,15)7-14-6-8-9(12)4-3-5-10(8)13/h3-5,14-15H,6-7H2,1-2H3. The lowest BCUT2D eigenvalue weighted by molar-refractivity contribution is 0.0795. The molecule has 0 spiro atoms. The van der Waals surface area contributed by atoms with Crippen molar-refractivity contribution in [3.8, 4) is 0 Å². The molecular formula is C11H15Cl2NO. The van der Waals surface area contributed by atoms with E-state index < -0.39 is 5.60 Å². The highest BCUT2D eigenvalue weighted by Crippen LogP contribution is 2.23. The molecule has 0 fully saturated rings. The Balaban J connectivity index is 2.58. The fourth-order valence-electron chi connectivity index (χ4n) is 1.19. The number of hydrogen-bond acceptors (Lipinski definition) is 2. The van der Waals surface area contributed by atoms with Crippen molar-refractivity contribution in [3.05, 3.63) is 33.8 Å². The van der Waals surface area contributed by atoms with Gasteiger partial charge >= 0.3 is 0 Å². The van der Waals surface area contributed by atoms with Crippen LogP contribution >= 0.6 is 23.2 Å². The maximum absolute atomic E-state index is 9.51. The van der Waals surface area contributed by atoms with Crippen LogP contribution in [-0.4, -0.2) is 17.3 Å². The smallest absolute Gasteiger partial charge is 0.0715 e. The van der Waals surface area contributed by atoms with Gasteiger partial charge < -0.3 is 10.4 Å². The molecule has 1 aromatic rings. The molecule has 0 saturated carbocycles.